The van der Waals surface area contributed by atoms with Crippen LogP contribution in [0, 0.1) is 5.82 Å². The average Bonchev–Trinajstić information content (AvgIpc) is 3.01. The fourth-order valence-corrected chi connectivity index (χ4v) is 4.19. The predicted octanol–water partition coefficient (Wildman–Crippen LogP) is 3.78. The van der Waals surface area contributed by atoms with Crippen molar-refractivity contribution >= 4 is 22.9 Å². The molecule has 0 fully saturated rings. The van der Waals surface area contributed by atoms with E-state index in [-0.39, 0.29) is 16.9 Å². The Morgan fingerprint density at radius 3 is 2.90 bits per heavy atom. The molecule has 0 saturated carbocycles. The van der Waals surface area contributed by atoms with E-state index in [4.69, 9.17) is 17.4 Å². The molecule has 3 N–H and O–H groups in total. The standard InChI is InChI=1S/C15H16ClFN2S/c16-11-6-9(4-5-12(11)17)7-13(19-18)15-8-10-2-1-3-14(10)20-15/h4-6,8,13,19H,1-3,7,18H2. The van der Waals surface area contributed by atoms with E-state index >= 15 is 0 Å². The van der Waals surface area contributed by atoms with Crippen LogP contribution in [0.3, 0.4) is 0 Å². The van der Waals surface area contributed by atoms with E-state index in [1.54, 1.807) is 12.1 Å². The second-order valence-corrected chi connectivity index (χ2v) is 6.70. The Morgan fingerprint density at radius 1 is 1.35 bits per heavy atom. The van der Waals surface area contributed by atoms with Crippen LogP contribution in [0.2, 0.25) is 5.02 Å². The molecule has 0 aliphatic heterocycles. The van der Waals surface area contributed by atoms with Crippen molar-refractivity contribution in [2.45, 2.75) is 31.7 Å². The van der Waals surface area contributed by atoms with E-state index in [2.05, 4.69) is 11.5 Å². The molecule has 1 aromatic heterocycles. The van der Waals surface area contributed by atoms with Crippen molar-refractivity contribution in [2.75, 3.05) is 0 Å². The number of benzene rings is 1. The van der Waals surface area contributed by atoms with Gasteiger partial charge in [-0.15, -0.1) is 11.3 Å². The summed E-state index contributed by atoms with van der Waals surface area (Å²) in [5.41, 5.74) is 5.30. The first-order valence-electron chi connectivity index (χ1n) is 6.69. The van der Waals surface area contributed by atoms with Gasteiger partial charge in [-0.05, 0) is 55.0 Å². The molecule has 0 saturated heterocycles. The molecule has 5 heteroatoms. The molecular weight excluding hydrogens is 295 g/mol. The fraction of sp³-hybridized carbons (Fsp3) is 0.333. The molecule has 1 heterocycles. The lowest BCUT2D eigenvalue weighted by Gasteiger charge is -2.14. The van der Waals surface area contributed by atoms with Gasteiger partial charge in [-0.3, -0.25) is 11.3 Å². The number of aryl methyl sites for hydroxylation is 2. The molecule has 20 heavy (non-hydrogen) atoms. The Morgan fingerprint density at radius 2 is 2.20 bits per heavy atom. The van der Waals surface area contributed by atoms with Gasteiger partial charge >= 0.3 is 0 Å². The first-order chi connectivity index (χ1) is 9.67. The van der Waals surface area contributed by atoms with Crippen molar-refractivity contribution in [1.82, 2.24) is 5.43 Å². The van der Waals surface area contributed by atoms with Crippen LogP contribution >= 0.6 is 22.9 Å². The predicted molar refractivity (Wildman–Crippen MR) is 81.5 cm³/mol. The highest BCUT2D eigenvalue weighted by Crippen LogP contribution is 2.34. The number of hydrazine groups is 1. The van der Waals surface area contributed by atoms with Crippen molar-refractivity contribution in [3.63, 3.8) is 0 Å². The van der Waals surface area contributed by atoms with Crippen LogP contribution in [0.4, 0.5) is 4.39 Å². The van der Waals surface area contributed by atoms with Crippen molar-refractivity contribution in [1.29, 1.82) is 0 Å². The quantitative estimate of drug-likeness (QED) is 0.666. The van der Waals surface area contributed by atoms with Gasteiger partial charge in [0.2, 0.25) is 0 Å². The Bertz CT molecular complexity index is 605. The topological polar surface area (TPSA) is 38.0 Å². The maximum absolute atomic E-state index is 13.2. The second kappa shape index (κ2) is 5.82. The number of thiophene rings is 1. The Labute approximate surface area is 126 Å². The van der Waals surface area contributed by atoms with Gasteiger partial charge < -0.3 is 0 Å². The highest BCUT2D eigenvalue weighted by Gasteiger charge is 2.20. The monoisotopic (exact) mass is 310 g/mol. The summed E-state index contributed by atoms with van der Waals surface area (Å²) < 4.78 is 13.2. The smallest absolute Gasteiger partial charge is 0.141 e. The summed E-state index contributed by atoms with van der Waals surface area (Å²) in [7, 11) is 0. The van der Waals surface area contributed by atoms with Crippen LogP contribution < -0.4 is 11.3 Å². The highest BCUT2D eigenvalue weighted by molar-refractivity contribution is 7.12. The average molecular weight is 311 g/mol. The largest absolute Gasteiger partial charge is 0.271 e. The summed E-state index contributed by atoms with van der Waals surface area (Å²) in [6.07, 6.45) is 4.32. The molecule has 2 aromatic rings. The Hall–Kier alpha value is -0.940. The summed E-state index contributed by atoms with van der Waals surface area (Å²) in [5, 5.41) is 0.159. The first-order valence-corrected chi connectivity index (χ1v) is 7.88. The molecule has 1 unspecified atom stereocenters. The lowest BCUT2D eigenvalue weighted by Crippen LogP contribution is -2.29. The van der Waals surface area contributed by atoms with Crippen molar-refractivity contribution in [3.8, 4) is 0 Å². The third-order valence-corrected chi connectivity index (χ3v) is 5.37. The van der Waals surface area contributed by atoms with Gasteiger partial charge in [-0.1, -0.05) is 17.7 Å². The SMILES string of the molecule is NNC(Cc1ccc(F)c(Cl)c1)c1cc2c(s1)CCC2. The number of halogens is 2. The normalized spacial score (nSPS) is 15.3. The van der Waals surface area contributed by atoms with Crippen LogP contribution in [-0.2, 0) is 19.3 Å². The van der Waals surface area contributed by atoms with Gasteiger partial charge in [0.15, 0.2) is 0 Å². The third-order valence-electron chi connectivity index (χ3n) is 3.73. The summed E-state index contributed by atoms with van der Waals surface area (Å²) in [5.74, 6) is 5.30. The molecule has 0 bridgehead atoms. The lowest BCUT2D eigenvalue weighted by molar-refractivity contribution is 0.559. The minimum absolute atomic E-state index is 0.0483. The molecule has 0 amide bonds. The molecule has 0 spiro atoms. The van der Waals surface area contributed by atoms with E-state index in [1.165, 1.54) is 40.6 Å². The summed E-state index contributed by atoms with van der Waals surface area (Å²) >= 11 is 7.66. The van der Waals surface area contributed by atoms with Gasteiger partial charge in [0.1, 0.15) is 5.82 Å². The Balaban J connectivity index is 1.80. The number of rotatable bonds is 4. The lowest BCUT2D eigenvalue weighted by atomic mass is 10.0. The molecular formula is C15H16ClFN2S. The van der Waals surface area contributed by atoms with Crippen molar-refractivity contribution < 1.29 is 4.39 Å². The van der Waals surface area contributed by atoms with Crippen molar-refractivity contribution in [3.05, 3.63) is 56.0 Å². The zero-order valence-corrected chi connectivity index (χ0v) is 12.5. The van der Waals surface area contributed by atoms with Crippen LogP contribution in [0.25, 0.3) is 0 Å². The summed E-state index contributed by atoms with van der Waals surface area (Å²) in [6.45, 7) is 0. The van der Waals surface area contributed by atoms with Gasteiger partial charge in [-0.2, -0.15) is 0 Å². The van der Waals surface area contributed by atoms with Gasteiger partial charge in [0.05, 0.1) is 11.1 Å². The summed E-state index contributed by atoms with van der Waals surface area (Å²) in [4.78, 5) is 2.73. The van der Waals surface area contributed by atoms with Gasteiger partial charge in [0, 0.05) is 9.75 Å². The molecule has 1 aliphatic rings. The number of hydrogen-bond donors (Lipinski definition) is 2. The molecule has 3 rings (SSSR count). The van der Waals surface area contributed by atoms with Crippen molar-refractivity contribution in [2.24, 2.45) is 5.84 Å². The van der Waals surface area contributed by atoms with Gasteiger partial charge in [-0.25, -0.2) is 4.39 Å². The molecule has 1 aromatic carbocycles. The molecule has 2 nitrogen and oxygen atoms in total. The number of fused-ring (bicyclic) bond motifs is 1. The third kappa shape index (κ3) is 2.74. The van der Waals surface area contributed by atoms with E-state index in [9.17, 15) is 4.39 Å². The molecule has 0 radical (unpaired) electrons. The van der Waals surface area contributed by atoms with Crippen LogP contribution in [0.1, 0.15) is 33.3 Å². The van der Waals surface area contributed by atoms with Crippen LogP contribution in [0.15, 0.2) is 24.3 Å². The van der Waals surface area contributed by atoms with E-state index < -0.39 is 0 Å². The van der Waals surface area contributed by atoms with Crippen LogP contribution in [-0.4, -0.2) is 0 Å². The summed E-state index contributed by atoms with van der Waals surface area (Å²) in [6, 6.07) is 7.13. The van der Waals surface area contributed by atoms with E-state index in [0.29, 0.717) is 6.42 Å². The maximum Gasteiger partial charge on any atom is 0.141 e. The number of nitrogens with two attached hydrogens (primary N) is 1. The highest BCUT2D eigenvalue weighted by atomic mass is 35.5. The van der Waals surface area contributed by atoms with Gasteiger partial charge in [0.25, 0.3) is 0 Å². The number of hydrogen-bond acceptors (Lipinski definition) is 3. The first kappa shape index (κ1) is 14.0. The van der Waals surface area contributed by atoms with E-state index in [0.717, 1.165) is 5.56 Å². The zero-order valence-electron chi connectivity index (χ0n) is 11.0. The Kier molecular flexibility index (Phi) is 4.08. The molecule has 106 valence electrons. The van der Waals surface area contributed by atoms with E-state index in [1.807, 2.05) is 11.3 Å². The minimum Gasteiger partial charge on any atom is -0.271 e. The number of nitrogens with one attached hydrogen (secondary N) is 1. The fourth-order valence-electron chi connectivity index (χ4n) is 2.67. The molecule has 1 atom stereocenters. The second-order valence-electron chi connectivity index (χ2n) is 5.12. The zero-order chi connectivity index (χ0) is 14.1. The molecule has 1 aliphatic carbocycles. The maximum atomic E-state index is 13.2. The minimum atomic E-state index is -0.386. The van der Waals surface area contributed by atoms with Crippen LogP contribution in [0.5, 0.6) is 0 Å².